The highest BCUT2D eigenvalue weighted by Gasteiger charge is 2.32. The van der Waals surface area contributed by atoms with Crippen LogP contribution in [0.3, 0.4) is 0 Å². The summed E-state index contributed by atoms with van der Waals surface area (Å²) in [4.78, 5) is 40.2. The molecular weight excluding hydrogens is 354 g/mol. The van der Waals surface area contributed by atoms with Crippen molar-refractivity contribution in [3.8, 4) is 0 Å². The standard InChI is InChI=1S/C21H31N5O2/c1-15-6-3-4-9-24(15)14-20(28)25-11-8-18-17(13-25)12-22-21(23-18)19-7-5-10-26(19)16(2)27/h12,15,19H,3-11,13-14H2,1-2H3/t15-,19+/m0/s1. The van der Waals surface area contributed by atoms with Gasteiger partial charge < -0.3 is 9.80 Å². The molecule has 2 amide bonds. The average molecular weight is 386 g/mol. The number of nitrogens with zero attached hydrogens (tertiary/aromatic N) is 5. The summed E-state index contributed by atoms with van der Waals surface area (Å²) in [7, 11) is 0. The molecule has 7 nitrogen and oxygen atoms in total. The number of aromatic nitrogens is 2. The molecule has 3 aliphatic rings. The van der Waals surface area contributed by atoms with Crippen LogP contribution in [-0.4, -0.2) is 68.7 Å². The van der Waals surface area contributed by atoms with Gasteiger partial charge in [-0.15, -0.1) is 0 Å². The van der Waals surface area contributed by atoms with E-state index in [1.165, 1.54) is 19.3 Å². The van der Waals surface area contributed by atoms with E-state index in [0.717, 1.165) is 49.4 Å². The Kier molecular flexibility index (Phi) is 5.62. The third kappa shape index (κ3) is 3.90. The van der Waals surface area contributed by atoms with Crippen molar-refractivity contribution in [2.45, 2.75) is 71.0 Å². The minimum absolute atomic E-state index is 0.00282. The zero-order chi connectivity index (χ0) is 19.7. The molecule has 0 radical (unpaired) electrons. The SMILES string of the molecule is CC(=O)N1CCC[C@@H]1c1ncc2c(n1)CCN(C(=O)CN1CCCC[C@@H]1C)C2. The van der Waals surface area contributed by atoms with Gasteiger partial charge in [0.1, 0.15) is 0 Å². The molecule has 0 aromatic carbocycles. The van der Waals surface area contributed by atoms with Gasteiger partial charge in [-0.25, -0.2) is 9.97 Å². The van der Waals surface area contributed by atoms with Gasteiger partial charge in [-0.1, -0.05) is 6.42 Å². The predicted octanol–water partition coefficient (Wildman–Crippen LogP) is 1.92. The summed E-state index contributed by atoms with van der Waals surface area (Å²) in [6, 6.07) is 0.499. The number of carbonyl (C=O) groups is 2. The van der Waals surface area contributed by atoms with Gasteiger partial charge in [-0.3, -0.25) is 14.5 Å². The summed E-state index contributed by atoms with van der Waals surface area (Å²) in [5, 5.41) is 0. The van der Waals surface area contributed by atoms with Gasteiger partial charge in [0.2, 0.25) is 11.8 Å². The fraction of sp³-hybridized carbons (Fsp3) is 0.714. The topological polar surface area (TPSA) is 69.6 Å². The molecule has 0 spiro atoms. The molecule has 3 aliphatic heterocycles. The zero-order valence-electron chi connectivity index (χ0n) is 17.1. The first kappa shape index (κ1) is 19.3. The molecule has 4 rings (SSSR count). The Balaban J connectivity index is 1.42. The lowest BCUT2D eigenvalue weighted by Gasteiger charge is -2.35. The van der Waals surface area contributed by atoms with E-state index in [-0.39, 0.29) is 17.9 Å². The van der Waals surface area contributed by atoms with Crippen LogP contribution in [0.1, 0.15) is 69.1 Å². The van der Waals surface area contributed by atoms with Crippen molar-refractivity contribution in [3.05, 3.63) is 23.3 Å². The van der Waals surface area contributed by atoms with Crippen LogP contribution < -0.4 is 0 Å². The second kappa shape index (κ2) is 8.15. The van der Waals surface area contributed by atoms with Crippen molar-refractivity contribution in [1.29, 1.82) is 0 Å². The Hall–Kier alpha value is -2.02. The van der Waals surface area contributed by atoms with Gasteiger partial charge in [-0.05, 0) is 39.2 Å². The monoisotopic (exact) mass is 385 g/mol. The van der Waals surface area contributed by atoms with Gasteiger partial charge in [0, 0.05) is 50.8 Å². The highest BCUT2D eigenvalue weighted by atomic mass is 16.2. The molecule has 0 N–H and O–H groups in total. The van der Waals surface area contributed by atoms with E-state index in [2.05, 4.69) is 16.8 Å². The van der Waals surface area contributed by atoms with Crippen LogP contribution in [0.25, 0.3) is 0 Å². The van der Waals surface area contributed by atoms with Crippen LogP contribution in [0.4, 0.5) is 0 Å². The molecule has 4 heterocycles. The van der Waals surface area contributed by atoms with Crippen molar-refractivity contribution < 1.29 is 9.59 Å². The third-order valence-corrected chi connectivity index (χ3v) is 6.54. The summed E-state index contributed by atoms with van der Waals surface area (Å²) in [6.07, 6.45) is 8.21. The van der Waals surface area contributed by atoms with Crippen LogP contribution in [0.15, 0.2) is 6.20 Å². The molecule has 28 heavy (non-hydrogen) atoms. The molecule has 2 atom stereocenters. The number of piperidine rings is 1. The minimum Gasteiger partial charge on any atom is -0.337 e. The largest absolute Gasteiger partial charge is 0.337 e. The van der Waals surface area contributed by atoms with Crippen molar-refractivity contribution in [2.75, 3.05) is 26.2 Å². The summed E-state index contributed by atoms with van der Waals surface area (Å²) >= 11 is 0. The molecule has 152 valence electrons. The fourth-order valence-corrected chi connectivity index (χ4v) is 4.78. The quantitative estimate of drug-likeness (QED) is 0.795. The Bertz CT molecular complexity index is 752. The van der Waals surface area contributed by atoms with E-state index in [1.54, 1.807) is 6.92 Å². The number of fused-ring (bicyclic) bond motifs is 1. The molecule has 1 aromatic heterocycles. The van der Waals surface area contributed by atoms with Crippen LogP contribution in [0, 0.1) is 0 Å². The van der Waals surface area contributed by atoms with Crippen molar-refractivity contribution >= 4 is 11.8 Å². The summed E-state index contributed by atoms with van der Waals surface area (Å²) < 4.78 is 0. The fourth-order valence-electron chi connectivity index (χ4n) is 4.78. The molecule has 1 aromatic rings. The number of carbonyl (C=O) groups excluding carboxylic acids is 2. The molecule has 2 saturated heterocycles. The average Bonchev–Trinajstić information content (AvgIpc) is 3.19. The Labute approximate surface area is 167 Å². The number of hydrogen-bond acceptors (Lipinski definition) is 5. The summed E-state index contributed by atoms with van der Waals surface area (Å²) in [6.45, 7) is 7.48. The van der Waals surface area contributed by atoms with E-state index < -0.39 is 0 Å². The molecular formula is C21H31N5O2. The van der Waals surface area contributed by atoms with Crippen molar-refractivity contribution in [3.63, 3.8) is 0 Å². The van der Waals surface area contributed by atoms with Crippen LogP contribution in [0.5, 0.6) is 0 Å². The lowest BCUT2D eigenvalue weighted by atomic mass is 10.0. The highest BCUT2D eigenvalue weighted by molar-refractivity contribution is 5.78. The zero-order valence-corrected chi connectivity index (χ0v) is 17.1. The van der Waals surface area contributed by atoms with Crippen molar-refractivity contribution in [2.24, 2.45) is 0 Å². The first-order valence-corrected chi connectivity index (χ1v) is 10.7. The lowest BCUT2D eigenvalue weighted by molar-refractivity contribution is -0.134. The van der Waals surface area contributed by atoms with Gasteiger partial charge in [-0.2, -0.15) is 0 Å². The highest BCUT2D eigenvalue weighted by Crippen LogP contribution is 2.30. The third-order valence-electron chi connectivity index (χ3n) is 6.54. The Morgan fingerprint density at radius 1 is 1.14 bits per heavy atom. The van der Waals surface area contributed by atoms with E-state index in [0.29, 0.717) is 25.7 Å². The van der Waals surface area contributed by atoms with Gasteiger partial charge in [0.25, 0.3) is 0 Å². The summed E-state index contributed by atoms with van der Waals surface area (Å²) in [5.74, 6) is 1.06. The number of likely N-dealkylation sites (tertiary alicyclic amines) is 2. The normalized spacial score (nSPS) is 25.6. The van der Waals surface area contributed by atoms with Gasteiger partial charge in [0.15, 0.2) is 5.82 Å². The van der Waals surface area contributed by atoms with E-state index in [1.807, 2.05) is 16.0 Å². The van der Waals surface area contributed by atoms with E-state index in [9.17, 15) is 9.59 Å². The first-order chi connectivity index (χ1) is 13.5. The molecule has 0 unspecified atom stereocenters. The molecule has 0 aliphatic carbocycles. The molecule has 0 saturated carbocycles. The van der Waals surface area contributed by atoms with Gasteiger partial charge >= 0.3 is 0 Å². The number of hydrogen-bond donors (Lipinski definition) is 0. The molecule has 7 heteroatoms. The minimum atomic E-state index is 0.00282. The van der Waals surface area contributed by atoms with E-state index in [4.69, 9.17) is 4.98 Å². The predicted molar refractivity (Wildman–Crippen MR) is 105 cm³/mol. The van der Waals surface area contributed by atoms with Crippen LogP contribution >= 0.6 is 0 Å². The van der Waals surface area contributed by atoms with Crippen LogP contribution in [-0.2, 0) is 22.6 Å². The van der Waals surface area contributed by atoms with Gasteiger partial charge in [0.05, 0.1) is 18.3 Å². The smallest absolute Gasteiger partial charge is 0.237 e. The van der Waals surface area contributed by atoms with E-state index >= 15 is 0 Å². The van der Waals surface area contributed by atoms with Crippen molar-refractivity contribution in [1.82, 2.24) is 24.7 Å². The Morgan fingerprint density at radius 3 is 2.79 bits per heavy atom. The maximum absolute atomic E-state index is 12.8. The second-order valence-electron chi connectivity index (χ2n) is 8.45. The Morgan fingerprint density at radius 2 is 2.00 bits per heavy atom. The molecule has 0 bridgehead atoms. The summed E-state index contributed by atoms with van der Waals surface area (Å²) in [5.41, 5.74) is 2.08. The number of rotatable bonds is 3. The maximum Gasteiger partial charge on any atom is 0.237 e. The second-order valence-corrected chi connectivity index (χ2v) is 8.45. The van der Waals surface area contributed by atoms with Crippen LogP contribution in [0.2, 0.25) is 0 Å². The molecule has 2 fully saturated rings. The lowest BCUT2D eigenvalue weighted by Crippen LogP contribution is -2.47. The maximum atomic E-state index is 12.8. The first-order valence-electron chi connectivity index (χ1n) is 10.7. The number of amides is 2.